The molecule has 0 aromatic heterocycles. The first-order chi connectivity index (χ1) is 14.2. The van der Waals surface area contributed by atoms with Gasteiger partial charge in [-0.05, 0) is 74.7 Å². The van der Waals surface area contributed by atoms with E-state index in [2.05, 4.69) is 54.3 Å². The molecule has 0 N–H and O–H groups in total. The molecule has 0 heterocycles. The van der Waals surface area contributed by atoms with Crippen LogP contribution < -0.4 is 0 Å². The van der Waals surface area contributed by atoms with Gasteiger partial charge in [-0.15, -0.1) is 0 Å². The lowest BCUT2D eigenvalue weighted by Gasteiger charge is -2.42. The van der Waals surface area contributed by atoms with Crippen molar-refractivity contribution in [1.82, 2.24) is 4.90 Å². The number of nitrogens with zero attached hydrogens (tertiary/aromatic N) is 2. The zero-order valence-electron chi connectivity index (χ0n) is 17.6. The van der Waals surface area contributed by atoms with Crippen LogP contribution in [0.4, 0.5) is 0 Å². The lowest BCUT2D eigenvalue weighted by molar-refractivity contribution is 0.184. The summed E-state index contributed by atoms with van der Waals surface area (Å²) in [6.45, 7) is 5.48. The number of hydrogen-bond acceptors (Lipinski definition) is 2. The Kier molecular flexibility index (Phi) is 8.16. The summed E-state index contributed by atoms with van der Waals surface area (Å²) >= 11 is 6.56. The number of hydrogen-bond donors (Lipinski definition) is 0. The summed E-state index contributed by atoms with van der Waals surface area (Å²) in [4.78, 5) is 2.56. The van der Waals surface area contributed by atoms with Crippen molar-refractivity contribution in [3.8, 4) is 6.07 Å². The van der Waals surface area contributed by atoms with Gasteiger partial charge in [0.05, 0.1) is 11.5 Å². The minimum absolute atomic E-state index is 0.437. The van der Waals surface area contributed by atoms with Crippen LogP contribution >= 0.6 is 11.6 Å². The third-order valence-electron chi connectivity index (χ3n) is 6.50. The molecule has 29 heavy (non-hydrogen) atoms. The molecule has 3 heteroatoms. The first-order valence-electron chi connectivity index (χ1n) is 11.1. The van der Waals surface area contributed by atoms with Gasteiger partial charge in [0, 0.05) is 11.6 Å². The number of rotatable bonds is 11. The molecule has 0 bridgehead atoms. The summed E-state index contributed by atoms with van der Waals surface area (Å²) in [6, 6.07) is 21.4. The predicted molar refractivity (Wildman–Crippen MR) is 122 cm³/mol. The van der Waals surface area contributed by atoms with Gasteiger partial charge in [-0.25, -0.2) is 0 Å². The van der Waals surface area contributed by atoms with Crippen molar-refractivity contribution in [3.63, 3.8) is 0 Å². The van der Waals surface area contributed by atoms with E-state index in [-0.39, 0.29) is 0 Å². The summed E-state index contributed by atoms with van der Waals surface area (Å²) in [5, 5.41) is 11.0. The Balaban J connectivity index is 1.65. The fraction of sp³-hybridized carbons (Fsp3) is 0.500. The standard InChI is InChI=1S/C26H33ClN2/c1-2-18-29(20-16-22-10-4-3-5-11-22)19-9-17-26(21-28,23-12-8-13-23)24-14-6-7-15-25(24)27/h3-7,10-11,14-15,23H,2,8-9,12-13,16-20H2,1H3. The highest BCUT2D eigenvalue weighted by molar-refractivity contribution is 6.31. The fourth-order valence-electron chi connectivity index (χ4n) is 4.66. The highest BCUT2D eigenvalue weighted by atomic mass is 35.5. The van der Waals surface area contributed by atoms with E-state index in [0.29, 0.717) is 5.92 Å². The summed E-state index contributed by atoms with van der Waals surface area (Å²) in [7, 11) is 0. The van der Waals surface area contributed by atoms with Gasteiger partial charge in [0.2, 0.25) is 0 Å². The second-order valence-corrected chi connectivity index (χ2v) is 8.78. The zero-order chi connectivity index (χ0) is 20.5. The predicted octanol–water partition coefficient (Wildman–Crippen LogP) is 6.64. The SMILES string of the molecule is CCCN(CCCC(C#N)(c1ccccc1Cl)C1CCC1)CCc1ccccc1. The molecule has 1 aliphatic rings. The molecule has 0 amide bonds. The molecule has 1 saturated carbocycles. The number of benzene rings is 2. The second-order valence-electron chi connectivity index (χ2n) is 8.37. The lowest BCUT2D eigenvalue weighted by Crippen LogP contribution is -2.39. The molecular formula is C26H33ClN2. The monoisotopic (exact) mass is 408 g/mol. The van der Waals surface area contributed by atoms with Crippen LogP contribution in [0.5, 0.6) is 0 Å². The maximum absolute atomic E-state index is 10.3. The van der Waals surface area contributed by atoms with E-state index >= 15 is 0 Å². The molecule has 3 rings (SSSR count). The molecule has 1 unspecified atom stereocenters. The van der Waals surface area contributed by atoms with E-state index in [1.165, 1.54) is 12.0 Å². The lowest BCUT2D eigenvalue weighted by atomic mass is 9.61. The van der Waals surface area contributed by atoms with Gasteiger partial charge in [0.1, 0.15) is 0 Å². The van der Waals surface area contributed by atoms with Crippen molar-refractivity contribution < 1.29 is 0 Å². The van der Waals surface area contributed by atoms with Gasteiger partial charge < -0.3 is 4.90 Å². The van der Waals surface area contributed by atoms with Gasteiger partial charge in [0.15, 0.2) is 0 Å². The zero-order valence-corrected chi connectivity index (χ0v) is 18.4. The molecule has 2 aromatic rings. The van der Waals surface area contributed by atoms with E-state index in [1.54, 1.807) is 0 Å². The van der Waals surface area contributed by atoms with E-state index in [1.807, 2.05) is 18.2 Å². The molecule has 2 nitrogen and oxygen atoms in total. The molecule has 0 spiro atoms. The molecule has 0 radical (unpaired) electrons. The number of nitriles is 1. The molecule has 1 fully saturated rings. The normalized spacial score (nSPS) is 16.2. The van der Waals surface area contributed by atoms with Gasteiger partial charge in [-0.2, -0.15) is 5.26 Å². The van der Waals surface area contributed by atoms with E-state index < -0.39 is 5.41 Å². The van der Waals surface area contributed by atoms with Crippen molar-refractivity contribution in [3.05, 3.63) is 70.7 Å². The molecule has 0 saturated heterocycles. The second kappa shape index (κ2) is 10.8. The van der Waals surface area contributed by atoms with Crippen molar-refractivity contribution in [2.45, 2.75) is 57.3 Å². The van der Waals surface area contributed by atoms with Crippen LogP contribution in [0.1, 0.15) is 56.6 Å². The fourth-order valence-corrected chi connectivity index (χ4v) is 4.96. The van der Waals surface area contributed by atoms with Crippen molar-refractivity contribution in [2.75, 3.05) is 19.6 Å². The number of halogens is 1. The first kappa shape index (κ1) is 21.9. The molecule has 1 aliphatic carbocycles. The third-order valence-corrected chi connectivity index (χ3v) is 6.83. The van der Waals surface area contributed by atoms with Crippen LogP contribution in [0.2, 0.25) is 5.02 Å². The van der Waals surface area contributed by atoms with Crippen molar-refractivity contribution in [1.29, 1.82) is 5.26 Å². The van der Waals surface area contributed by atoms with Crippen LogP contribution in [0.3, 0.4) is 0 Å². The summed E-state index contributed by atoms with van der Waals surface area (Å²) in [5.41, 5.74) is 2.00. The van der Waals surface area contributed by atoms with Crippen LogP contribution in [0.15, 0.2) is 54.6 Å². The van der Waals surface area contributed by atoms with Gasteiger partial charge in [-0.3, -0.25) is 0 Å². The molecule has 1 atom stereocenters. The van der Waals surface area contributed by atoms with Crippen LogP contribution in [-0.4, -0.2) is 24.5 Å². The molecule has 0 aliphatic heterocycles. The van der Waals surface area contributed by atoms with E-state index in [9.17, 15) is 5.26 Å². The maximum atomic E-state index is 10.3. The maximum Gasteiger partial charge on any atom is 0.0865 e. The average molecular weight is 409 g/mol. The highest BCUT2D eigenvalue weighted by Gasteiger charge is 2.44. The largest absolute Gasteiger partial charge is 0.303 e. The summed E-state index contributed by atoms with van der Waals surface area (Å²) in [5.74, 6) is 0.441. The van der Waals surface area contributed by atoms with Crippen LogP contribution in [0, 0.1) is 17.2 Å². The quantitative estimate of drug-likeness (QED) is 0.416. The Morgan fingerprint density at radius 3 is 2.38 bits per heavy atom. The summed E-state index contributed by atoms with van der Waals surface area (Å²) in [6.07, 6.45) is 7.69. The Morgan fingerprint density at radius 1 is 1.03 bits per heavy atom. The molecule has 154 valence electrons. The topological polar surface area (TPSA) is 27.0 Å². The van der Waals surface area contributed by atoms with Crippen LogP contribution in [-0.2, 0) is 11.8 Å². The van der Waals surface area contributed by atoms with Gasteiger partial charge in [0.25, 0.3) is 0 Å². The van der Waals surface area contributed by atoms with E-state index in [4.69, 9.17) is 11.6 Å². The van der Waals surface area contributed by atoms with E-state index in [0.717, 1.165) is 68.7 Å². The smallest absolute Gasteiger partial charge is 0.0865 e. The minimum atomic E-state index is -0.437. The third kappa shape index (κ3) is 5.41. The Hall–Kier alpha value is -1.82. The first-order valence-corrected chi connectivity index (χ1v) is 11.5. The summed E-state index contributed by atoms with van der Waals surface area (Å²) < 4.78 is 0. The van der Waals surface area contributed by atoms with Gasteiger partial charge >= 0.3 is 0 Å². The highest BCUT2D eigenvalue weighted by Crippen LogP contribution is 2.48. The Labute approximate surface area is 181 Å². The molecule has 2 aromatic carbocycles. The Morgan fingerprint density at radius 2 is 1.76 bits per heavy atom. The molecular weight excluding hydrogens is 376 g/mol. The minimum Gasteiger partial charge on any atom is -0.303 e. The average Bonchev–Trinajstić information content (AvgIpc) is 2.71. The van der Waals surface area contributed by atoms with Gasteiger partial charge in [-0.1, -0.05) is 73.5 Å². The Bertz CT molecular complexity index is 794. The van der Waals surface area contributed by atoms with Crippen molar-refractivity contribution in [2.24, 2.45) is 5.92 Å². The van der Waals surface area contributed by atoms with Crippen molar-refractivity contribution >= 4 is 11.6 Å². The van der Waals surface area contributed by atoms with Crippen LogP contribution in [0.25, 0.3) is 0 Å².